The predicted octanol–water partition coefficient (Wildman–Crippen LogP) is 2.11. The molecule has 0 bridgehead atoms. The Bertz CT molecular complexity index is 227. The second-order valence-electron chi connectivity index (χ2n) is 2.22. The number of halogens is 3. The highest BCUT2D eigenvalue weighted by Crippen LogP contribution is 2.11. The maximum absolute atomic E-state index is 11.8. The van der Waals surface area contributed by atoms with Crippen molar-refractivity contribution in [1.29, 1.82) is 0 Å². The summed E-state index contributed by atoms with van der Waals surface area (Å²) in [6, 6.07) is 0. The van der Waals surface area contributed by atoms with Crippen LogP contribution in [0.25, 0.3) is 0 Å². The number of aryl methyl sites for hydroxylation is 1. The summed E-state index contributed by atoms with van der Waals surface area (Å²) in [5, 5.41) is 3.94. The molecular weight excluding hydrogens is 174 g/mol. The molecule has 0 aliphatic rings. The van der Waals surface area contributed by atoms with Crippen LogP contribution in [-0.4, -0.2) is 16.2 Å². The van der Waals surface area contributed by atoms with Gasteiger partial charge in [0, 0.05) is 11.8 Å². The lowest BCUT2D eigenvalue weighted by molar-refractivity contribution is 0.122. The third kappa shape index (κ3) is 2.15. The maximum Gasteiger partial charge on any atom is 0.257 e. The van der Waals surface area contributed by atoms with Gasteiger partial charge in [-0.25, -0.2) is 8.78 Å². The summed E-state index contributed by atoms with van der Waals surface area (Å²) in [7, 11) is 0. The lowest BCUT2D eigenvalue weighted by Gasteiger charge is -1.96. The van der Waals surface area contributed by atoms with Crippen LogP contribution in [0.1, 0.15) is 5.56 Å². The number of hydrogen-bond donors (Lipinski definition) is 0. The molecule has 0 atom stereocenters. The number of alkyl halides is 2. The van der Waals surface area contributed by atoms with E-state index in [9.17, 15) is 8.78 Å². The van der Waals surface area contributed by atoms with Crippen molar-refractivity contribution >= 4 is 11.6 Å². The Morgan fingerprint density at radius 2 is 2.36 bits per heavy atom. The second kappa shape index (κ2) is 3.17. The molecule has 1 aromatic rings. The van der Waals surface area contributed by atoms with Gasteiger partial charge in [-0.1, -0.05) is 11.6 Å². The van der Waals surface area contributed by atoms with Crippen molar-refractivity contribution in [2.24, 2.45) is 0 Å². The molecule has 0 saturated heterocycles. The average molecular weight is 181 g/mol. The Morgan fingerprint density at radius 1 is 1.73 bits per heavy atom. The van der Waals surface area contributed by atoms with Crippen molar-refractivity contribution in [3.05, 3.63) is 16.9 Å². The maximum atomic E-state index is 11.8. The first kappa shape index (κ1) is 8.46. The van der Waals surface area contributed by atoms with Gasteiger partial charge in [-0.3, -0.25) is 4.68 Å². The van der Waals surface area contributed by atoms with Crippen molar-refractivity contribution in [3.63, 3.8) is 0 Å². The first-order chi connectivity index (χ1) is 5.09. The highest BCUT2D eigenvalue weighted by molar-refractivity contribution is 6.30. The smallest absolute Gasteiger partial charge is 0.257 e. The zero-order chi connectivity index (χ0) is 8.43. The molecule has 62 valence electrons. The van der Waals surface area contributed by atoms with Crippen LogP contribution in [0.15, 0.2) is 6.20 Å². The minimum atomic E-state index is -2.38. The summed E-state index contributed by atoms with van der Waals surface area (Å²) in [5.74, 6) is 0. The molecule has 0 N–H and O–H groups in total. The number of aromatic nitrogens is 2. The van der Waals surface area contributed by atoms with Gasteiger partial charge in [0.2, 0.25) is 0 Å². The van der Waals surface area contributed by atoms with Crippen molar-refractivity contribution in [2.45, 2.75) is 19.9 Å². The van der Waals surface area contributed by atoms with Crippen LogP contribution in [-0.2, 0) is 6.54 Å². The van der Waals surface area contributed by atoms with E-state index >= 15 is 0 Å². The lowest BCUT2D eigenvalue weighted by Crippen LogP contribution is -2.06. The van der Waals surface area contributed by atoms with Gasteiger partial charge >= 0.3 is 0 Å². The third-order valence-corrected chi connectivity index (χ3v) is 1.58. The molecule has 1 aromatic heterocycles. The molecule has 2 nitrogen and oxygen atoms in total. The first-order valence-electron chi connectivity index (χ1n) is 3.07. The van der Waals surface area contributed by atoms with Crippen LogP contribution in [0.4, 0.5) is 8.78 Å². The van der Waals surface area contributed by atoms with Crippen molar-refractivity contribution in [1.82, 2.24) is 9.78 Å². The highest BCUT2D eigenvalue weighted by atomic mass is 35.5. The quantitative estimate of drug-likeness (QED) is 0.682. The fraction of sp³-hybridized carbons (Fsp3) is 0.500. The molecule has 0 aromatic carbocycles. The lowest BCUT2D eigenvalue weighted by atomic mass is 10.4. The minimum absolute atomic E-state index is 0.283. The number of nitrogens with zero attached hydrogens (tertiary/aromatic N) is 2. The van der Waals surface area contributed by atoms with Crippen LogP contribution in [0, 0.1) is 6.92 Å². The molecule has 11 heavy (non-hydrogen) atoms. The second-order valence-corrected chi connectivity index (χ2v) is 2.57. The Hall–Kier alpha value is -0.640. The molecule has 0 aliphatic carbocycles. The van der Waals surface area contributed by atoms with E-state index in [1.54, 1.807) is 6.92 Å². The molecule has 0 fully saturated rings. The van der Waals surface area contributed by atoms with Gasteiger partial charge in [0.25, 0.3) is 6.43 Å². The van der Waals surface area contributed by atoms with Gasteiger partial charge in [0.1, 0.15) is 6.54 Å². The molecule has 5 heteroatoms. The van der Waals surface area contributed by atoms with E-state index in [2.05, 4.69) is 5.10 Å². The van der Waals surface area contributed by atoms with E-state index in [0.717, 1.165) is 4.68 Å². The Kier molecular flexibility index (Phi) is 2.44. The molecule has 0 aliphatic heterocycles. The van der Waals surface area contributed by atoms with Gasteiger partial charge in [0.15, 0.2) is 5.15 Å². The Morgan fingerprint density at radius 3 is 2.73 bits per heavy atom. The monoisotopic (exact) mass is 180 g/mol. The van der Waals surface area contributed by atoms with Crippen LogP contribution in [0.5, 0.6) is 0 Å². The SMILES string of the molecule is Cc1cn(CC(F)F)nc1Cl. The standard InChI is InChI=1S/C6H7ClF2N2/c1-4-2-11(3-5(8)9)10-6(4)7/h2,5H,3H2,1H3. The first-order valence-corrected chi connectivity index (χ1v) is 3.45. The van der Waals surface area contributed by atoms with Crippen LogP contribution in [0.2, 0.25) is 5.15 Å². The van der Waals surface area contributed by atoms with Crippen molar-refractivity contribution < 1.29 is 8.78 Å². The van der Waals surface area contributed by atoms with E-state index in [0.29, 0.717) is 5.56 Å². The summed E-state index contributed by atoms with van der Waals surface area (Å²) >= 11 is 5.54. The summed E-state index contributed by atoms with van der Waals surface area (Å²) in [6.45, 7) is 1.32. The van der Waals surface area contributed by atoms with E-state index < -0.39 is 13.0 Å². The van der Waals surface area contributed by atoms with E-state index in [4.69, 9.17) is 11.6 Å². The Labute approximate surface area is 67.8 Å². The molecule has 0 unspecified atom stereocenters. The molecule has 0 radical (unpaired) electrons. The van der Waals surface area contributed by atoms with E-state index in [-0.39, 0.29) is 5.15 Å². The summed E-state index contributed by atoms with van der Waals surface area (Å²) in [5.41, 5.74) is 0.715. The summed E-state index contributed by atoms with van der Waals surface area (Å²) < 4.78 is 24.7. The summed E-state index contributed by atoms with van der Waals surface area (Å²) in [6.07, 6.45) is -0.889. The molecule has 0 saturated carbocycles. The molecular formula is C6H7ClF2N2. The van der Waals surface area contributed by atoms with Crippen LogP contribution < -0.4 is 0 Å². The predicted molar refractivity (Wildman–Crippen MR) is 38.0 cm³/mol. The van der Waals surface area contributed by atoms with Gasteiger partial charge in [-0.2, -0.15) is 5.10 Å². The van der Waals surface area contributed by atoms with Crippen molar-refractivity contribution in [3.8, 4) is 0 Å². The van der Waals surface area contributed by atoms with Crippen molar-refractivity contribution in [2.75, 3.05) is 0 Å². The number of rotatable bonds is 2. The fourth-order valence-corrected chi connectivity index (χ4v) is 0.878. The zero-order valence-electron chi connectivity index (χ0n) is 5.89. The topological polar surface area (TPSA) is 17.8 Å². The van der Waals surface area contributed by atoms with Gasteiger partial charge in [0.05, 0.1) is 0 Å². The highest BCUT2D eigenvalue weighted by Gasteiger charge is 2.06. The third-order valence-electron chi connectivity index (χ3n) is 1.21. The van der Waals surface area contributed by atoms with Crippen LogP contribution >= 0.6 is 11.6 Å². The summed E-state index contributed by atoms with van der Waals surface area (Å²) in [4.78, 5) is 0. The van der Waals surface area contributed by atoms with Crippen LogP contribution in [0.3, 0.4) is 0 Å². The zero-order valence-corrected chi connectivity index (χ0v) is 6.65. The van der Waals surface area contributed by atoms with Gasteiger partial charge in [-0.15, -0.1) is 0 Å². The minimum Gasteiger partial charge on any atom is -0.265 e. The number of hydrogen-bond acceptors (Lipinski definition) is 1. The molecule has 0 spiro atoms. The molecule has 0 amide bonds. The average Bonchev–Trinajstić information content (AvgIpc) is 2.10. The molecule has 1 heterocycles. The van der Waals surface area contributed by atoms with Gasteiger partial charge < -0.3 is 0 Å². The largest absolute Gasteiger partial charge is 0.265 e. The normalized spacial score (nSPS) is 11.0. The van der Waals surface area contributed by atoms with E-state index in [1.165, 1.54) is 6.20 Å². The van der Waals surface area contributed by atoms with Gasteiger partial charge in [-0.05, 0) is 6.92 Å². The molecule has 1 rings (SSSR count). The van der Waals surface area contributed by atoms with E-state index in [1.807, 2.05) is 0 Å². The Balaban J connectivity index is 2.73. The fourth-order valence-electron chi connectivity index (χ4n) is 0.732.